The molecule has 172 valence electrons. The van der Waals surface area contributed by atoms with E-state index in [1.54, 1.807) is 11.0 Å². The van der Waals surface area contributed by atoms with Gasteiger partial charge in [-0.25, -0.2) is 13.8 Å². The number of nitrogens with zero attached hydrogens (tertiary/aromatic N) is 3. The SMILES string of the molecule is C=CC(=O)N1CCC[C@@H](Nc2nc(Nc3ccc(OCCOCC)c(F)c3)ncc2F)C1. The van der Waals surface area contributed by atoms with E-state index in [2.05, 4.69) is 27.2 Å². The number of hydrogen-bond donors (Lipinski definition) is 2. The van der Waals surface area contributed by atoms with Crippen molar-refractivity contribution in [1.82, 2.24) is 14.9 Å². The van der Waals surface area contributed by atoms with Crippen molar-refractivity contribution >= 4 is 23.4 Å². The lowest BCUT2D eigenvalue weighted by Crippen LogP contribution is -2.44. The number of carbonyl (C=O) groups is 1. The van der Waals surface area contributed by atoms with Crippen LogP contribution in [0.15, 0.2) is 37.1 Å². The summed E-state index contributed by atoms with van der Waals surface area (Å²) in [5, 5.41) is 5.90. The van der Waals surface area contributed by atoms with Crippen LogP contribution in [0.4, 0.5) is 26.2 Å². The third kappa shape index (κ3) is 6.36. The molecule has 1 saturated heterocycles. The van der Waals surface area contributed by atoms with Crippen molar-refractivity contribution in [3.8, 4) is 5.75 Å². The Morgan fingerprint density at radius 3 is 2.94 bits per heavy atom. The molecule has 2 N–H and O–H groups in total. The van der Waals surface area contributed by atoms with Crippen LogP contribution in [0, 0.1) is 11.6 Å². The van der Waals surface area contributed by atoms with Gasteiger partial charge < -0.3 is 25.0 Å². The summed E-state index contributed by atoms with van der Waals surface area (Å²) >= 11 is 0. The molecule has 0 radical (unpaired) electrons. The minimum absolute atomic E-state index is 0.0109. The number of rotatable bonds is 10. The zero-order chi connectivity index (χ0) is 22.9. The number of halogens is 2. The highest BCUT2D eigenvalue weighted by molar-refractivity contribution is 5.87. The van der Waals surface area contributed by atoms with Crippen LogP contribution in [-0.4, -0.2) is 59.7 Å². The van der Waals surface area contributed by atoms with Crippen molar-refractivity contribution < 1.29 is 23.0 Å². The van der Waals surface area contributed by atoms with Gasteiger partial charge >= 0.3 is 0 Å². The molecule has 8 nitrogen and oxygen atoms in total. The minimum atomic E-state index is -0.619. The number of piperidine rings is 1. The van der Waals surface area contributed by atoms with Crippen molar-refractivity contribution in [3.63, 3.8) is 0 Å². The first kappa shape index (κ1) is 23.4. The molecule has 1 aromatic heterocycles. The molecule has 32 heavy (non-hydrogen) atoms. The maximum absolute atomic E-state index is 14.3. The van der Waals surface area contributed by atoms with Crippen LogP contribution in [0.25, 0.3) is 0 Å². The quantitative estimate of drug-likeness (QED) is 0.426. The number of ether oxygens (including phenoxy) is 2. The summed E-state index contributed by atoms with van der Waals surface area (Å²) in [7, 11) is 0. The molecule has 0 unspecified atom stereocenters. The highest BCUT2D eigenvalue weighted by Crippen LogP contribution is 2.24. The van der Waals surface area contributed by atoms with Crippen LogP contribution in [0.5, 0.6) is 5.75 Å². The largest absolute Gasteiger partial charge is 0.488 e. The van der Waals surface area contributed by atoms with E-state index in [9.17, 15) is 13.6 Å². The van der Waals surface area contributed by atoms with Gasteiger partial charge in [-0.1, -0.05) is 6.58 Å². The van der Waals surface area contributed by atoms with Gasteiger partial charge in [0.05, 0.1) is 12.8 Å². The van der Waals surface area contributed by atoms with E-state index in [0.717, 1.165) is 19.0 Å². The molecule has 0 aliphatic carbocycles. The summed E-state index contributed by atoms with van der Waals surface area (Å²) < 4.78 is 39.1. The third-order valence-electron chi connectivity index (χ3n) is 4.87. The van der Waals surface area contributed by atoms with Crippen LogP contribution >= 0.6 is 0 Å². The molecule has 0 bridgehead atoms. The number of hydrogen-bond acceptors (Lipinski definition) is 7. The maximum Gasteiger partial charge on any atom is 0.246 e. The number of amides is 1. The number of likely N-dealkylation sites (tertiary alicyclic amines) is 1. The van der Waals surface area contributed by atoms with Crippen LogP contribution < -0.4 is 15.4 Å². The van der Waals surface area contributed by atoms with Gasteiger partial charge in [0.15, 0.2) is 23.2 Å². The minimum Gasteiger partial charge on any atom is -0.488 e. The summed E-state index contributed by atoms with van der Waals surface area (Å²) in [4.78, 5) is 21.6. The molecule has 1 aliphatic heterocycles. The van der Waals surface area contributed by atoms with Gasteiger partial charge in [0.2, 0.25) is 11.9 Å². The van der Waals surface area contributed by atoms with Crippen molar-refractivity contribution in [2.75, 3.05) is 43.5 Å². The van der Waals surface area contributed by atoms with E-state index in [0.29, 0.717) is 32.0 Å². The van der Waals surface area contributed by atoms with E-state index >= 15 is 0 Å². The zero-order valence-corrected chi connectivity index (χ0v) is 17.9. The Hall–Kier alpha value is -3.27. The maximum atomic E-state index is 14.3. The van der Waals surface area contributed by atoms with Gasteiger partial charge in [-0.3, -0.25) is 4.79 Å². The molecule has 10 heteroatoms. The number of carbonyl (C=O) groups excluding carboxylic acids is 1. The summed E-state index contributed by atoms with van der Waals surface area (Å²) in [6, 6.07) is 4.18. The van der Waals surface area contributed by atoms with Gasteiger partial charge in [-0.2, -0.15) is 4.98 Å². The van der Waals surface area contributed by atoms with Crippen molar-refractivity contribution in [1.29, 1.82) is 0 Å². The Kier molecular flexibility index (Phi) is 8.32. The lowest BCUT2D eigenvalue weighted by Gasteiger charge is -2.32. The predicted octanol–water partition coefficient (Wildman–Crippen LogP) is 3.50. The van der Waals surface area contributed by atoms with E-state index < -0.39 is 11.6 Å². The topological polar surface area (TPSA) is 88.6 Å². The molecular weight excluding hydrogens is 420 g/mol. The second-order valence-electron chi connectivity index (χ2n) is 7.18. The zero-order valence-electron chi connectivity index (χ0n) is 17.9. The summed E-state index contributed by atoms with van der Waals surface area (Å²) in [5.74, 6) is -1.11. The molecular formula is C22H27F2N5O3. The van der Waals surface area contributed by atoms with Crippen LogP contribution in [-0.2, 0) is 9.53 Å². The van der Waals surface area contributed by atoms with Crippen molar-refractivity contribution in [2.45, 2.75) is 25.8 Å². The normalized spacial score (nSPS) is 15.8. The predicted molar refractivity (Wildman–Crippen MR) is 117 cm³/mol. The Balaban J connectivity index is 1.63. The van der Waals surface area contributed by atoms with Crippen LogP contribution in [0.2, 0.25) is 0 Å². The highest BCUT2D eigenvalue weighted by atomic mass is 19.1. The lowest BCUT2D eigenvalue weighted by molar-refractivity contribution is -0.127. The van der Waals surface area contributed by atoms with Gasteiger partial charge in [0.25, 0.3) is 0 Å². The summed E-state index contributed by atoms with van der Waals surface area (Å²) in [6.07, 6.45) is 3.86. The second-order valence-corrected chi connectivity index (χ2v) is 7.18. The molecule has 1 aromatic carbocycles. The molecule has 0 spiro atoms. The lowest BCUT2D eigenvalue weighted by atomic mass is 10.1. The average molecular weight is 447 g/mol. The van der Waals surface area contributed by atoms with Crippen molar-refractivity contribution in [3.05, 3.63) is 48.7 Å². The molecule has 1 aliphatic rings. The van der Waals surface area contributed by atoms with Crippen molar-refractivity contribution in [2.24, 2.45) is 0 Å². The molecule has 2 aromatic rings. The standard InChI is InChI=1S/C22H27F2N5O3/c1-3-20(30)29-9-5-6-16(14-29)26-21-18(24)13-25-22(28-21)27-15-7-8-19(17(23)12-15)32-11-10-31-4-2/h3,7-8,12-13,16H,1,4-6,9-11,14H2,2H3,(H2,25,26,27,28)/t16-/m1/s1. The fraction of sp³-hybridized carbons (Fsp3) is 0.409. The Labute approximate surface area is 185 Å². The number of benzene rings is 1. The number of aromatic nitrogens is 2. The first-order chi connectivity index (χ1) is 15.5. The van der Waals surface area contributed by atoms with Gasteiger partial charge in [0.1, 0.15) is 6.61 Å². The first-order valence-electron chi connectivity index (χ1n) is 10.5. The van der Waals surface area contributed by atoms with E-state index in [1.807, 2.05) is 6.92 Å². The van der Waals surface area contributed by atoms with Gasteiger partial charge in [0, 0.05) is 37.5 Å². The van der Waals surface area contributed by atoms with E-state index in [1.165, 1.54) is 18.2 Å². The fourth-order valence-corrected chi connectivity index (χ4v) is 3.33. The average Bonchev–Trinajstić information content (AvgIpc) is 2.80. The molecule has 3 rings (SSSR count). The van der Waals surface area contributed by atoms with Gasteiger partial charge in [-0.15, -0.1) is 0 Å². The Morgan fingerprint density at radius 1 is 1.34 bits per heavy atom. The number of nitrogens with one attached hydrogen (secondary N) is 2. The van der Waals surface area contributed by atoms with Crippen LogP contribution in [0.1, 0.15) is 19.8 Å². The molecule has 2 heterocycles. The third-order valence-corrected chi connectivity index (χ3v) is 4.87. The second kappa shape index (κ2) is 11.4. The number of anilines is 3. The Morgan fingerprint density at radius 2 is 2.19 bits per heavy atom. The van der Waals surface area contributed by atoms with E-state index in [-0.39, 0.29) is 36.1 Å². The molecule has 0 saturated carbocycles. The van der Waals surface area contributed by atoms with E-state index in [4.69, 9.17) is 9.47 Å². The summed E-state index contributed by atoms with van der Waals surface area (Å²) in [5.41, 5.74) is 0.387. The molecule has 1 fully saturated rings. The fourth-order valence-electron chi connectivity index (χ4n) is 3.33. The first-order valence-corrected chi connectivity index (χ1v) is 10.5. The summed E-state index contributed by atoms with van der Waals surface area (Å²) in [6.45, 7) is 7.61. The monoisotopic (exact) mass is 447 g/mol. The highest BCUT2D eigenvalue weighted by Gasteiger charge is 2.23. The molecule has 1 amide bonds. The van der Waals surface area contributed by atoms with Gasteiger partial charge in [-0.05, 0) is 38.0 Å². The Bertz CT molecular complexity index is 944. The molecule has 1 atom stereocenters. The smallest absolute Gasteiger partial charge is 0.246 e. The van der Waals surface area contributed by atoms with Crippen LogP contribution in [0.3, 0.4) is 0 Å².